The van der Waals surface area contributed by atoms with Crippen LogP contribution in [0.1, 0.15) is 11.3 Å². The molecule has 0 atom stereocenters. The van der Waals surface area contributed by atoms with Crippen molar-refractivity contribution in [2.75, 3.05) is 44.3 Å². The second-order valence-corrected chi connectivity index (χ2v) is 7.12. The lowest BCUT2D eigenvalue weighted by atomic mass is 10.1. The number of fused-ring (bicyclic) bond motifs is 1. The van der Waals surface area contributed by atoms with Crippen molar-refractivity contribution in [3.63, 3.8) is 0 Å². The van der Waals surface area contributed by atoms with E-state index in [1.54, 1.807) is 0 Å². The molecule has 3 aromatic rings. The number of benzene rings is 2. The summed E-state index contributed by atoms with van der Waals surface area (Å²) in [7, 11) is 0. The number of hydrogen-bond acceptors (Lipinski definition) is 5. The number of para-hydroxylation sites is 1. The summed E-state index contributed by atoms with van der Waals surface area (Å²) < 4.78 is 5.63. The third-order valence-electron chi connectivity index (χ3n) is 5.10. The van der Waals surface area contributed by atoms with E-state index in [0.29, 0.717) is 6.61 Å². The Hall–Kier alpha value is -2.89. The molecule has 1 aliphatic rings. The highest BCUT2D eigenvalue weighted by molar-refractivity contribution is 5.93. The highest BCUT2D eigenvalue weighted by Crippen LogP contribution is 2.27. The maximum absolute atomic E-state index is 9.01. The Balaban J connectivity index is 1.58. The van der Waals surface area contributed by atoms with Gasteiger partial charge in [0.05, 0.1) is 12.3 Å². The maximum Gasteiger partial charge on any atom is 0.137 e. The smallest absolute Gasteiger partial charge is 0.137 e. The third-order valence-corrected chi connectivity index (χ3v) is 5.10. The maximum atomic E-state index is 9.01. The molecule has 150 valence electrons. The Kier molecular flexibility index (Phi) is 6.39. The SMILES string of the molecule is OCCOc1ccccc1C/C=C/c1cc2ccccc2c(N2CCNCC2)n1. The number of piperazine rings is 1. The summed E-state index contributed by atoms with van der Waals surface area (Å²) in [6, 6.07) is 18.6. The zero-order chi connectivity index (χ0) is 19.9. The van der Waals surface area contributed by atoms with Gasteiger partial charge in [-0.2, -0.15) is 0 Å². The van der Waals surface area contributed by atoms with Crippen LogP contribution < -0.4 is 15.0 Å². The Morgan fingerprint density at radius 2 is 1.86 bits per heavy atom. The van der Waals surface area contributed by atoms with Gasteiger partial charge in [-0.25, -0.2) is 4.98 Å². The number of aromatic nitrogens is 1. The van der Waals surface area contributed by atoms with Gasteiger partial charge in [-0.3, -0.25) is 0 Å². The molecular weight excluding hydrogens is 362 g/mol. The first-order chi connectivity index (χ1) is 14.3. The largest absolute Gasteiger partial charge is 0.491 e. The molecule has 0 saturated carbocycles. The van der Waals surface area contributed by atoms with Crippen molar-refractivity contribution in [1.29, 1.82) is 0 Å². The third kappa shape index (κ3) is 4.75. The molecule has 0 aliphatic carbocycles. The van der Waals surface area contributed by atoms with E-state index in [-0.39, 0.29) is 6.61 Å². The highest BCUT2D eigenvalue weighted by atomic mass is 16.5. The van der Waals surface area contributed by atoms with Crippen LogP contribution in [0.15, 0.2) is 60.7 Å². The van der Waals surface area contributed by atoms with Gasteiger partial charge in [-0.15, -0.1) is 0 Å². The van der Waals surface area contributed by atoms with Crippen molar-refractivity contribution in [2.24, 2.45) is 0 Å². The lowest BCUT2D eigenvalue weighted by Gasteiger charge is -2.29. The summed E-state index contributed by atoms with van der Waals surface area (Å²) in [5, 5.41) is 14.8. The van der Waals surface area contributed by atoms with E-state index < -0.39 is 0 Å². The van der Waals surface area contributed by atoms with Crippen LogP contribution in [0.4, 0.5) is 5.82 Å². The fraction of sp³-hybridized carbons (Fsp3) is 0.292. The highest BCUT2D eigenvalue weighted by Gasteiger charge is 2.15. The Morgan fingerprint density at radius 3 is 2.72 bits per heavy atom. The average Bonchev–Trinajstić information content (AvgIpc) is 2.78. The molecule has 0 radical (unpaired) electrons. The summed E-state index contributed by atoms with van der Waals surface area (Å²) in [4.78, 5) is 7.34. The Labute approximate surface area is 171 Å². The van der Waals surface area contributed by atoms with E-state index in [1.807, 2.05) is 18.2 Å². The topological polar surface area (TPSA) is 57.6 Å². The Morgan fingerprint density at radius 1 is 1.07 bits per heavy atom. The van der Waals surface area contributed by atoms with Gasteiger partial charge < -0.3 is 20.1 Å². The first-order valence-electron chi connectivity index (χ1n) is 10.2. The molecule has 2 N–H and O–H groups in total. The van der Waals surface area contributed by atoms with Crippen LogP contribution >= 0.6 is 0 Å². The van der Waals surface area contributed by atoms with Crippen molar-refractivity contribution in [1.82, 2.24) is 10.3 Å². The summed E-state index contributed by atoms with van der Waals surface area (Å²) in [6.45, 7) is 4.24. The van der Waals surface area contributed by atoms with Crippen LogP contribution in [-0.4, -0.2) is 49.5 Å². The molecule has 5 heteroatoms. The minimum absolute atomic E-state index is 0.0139. The van der Waals surface area contributed by atoms with Gasteiger partial charge in [-0.05, 0) is 35.6 Å². The second kappa shape index (κ2) is 9.54. The van der Waals surface area contributed by atoms with Gasteiger partial charge in [0, 0.05) is 31.6 Å². The fourth-order valence-corrected chi connectivity index (χ4v) is 3.68. The van der Waals surface area contributed by atoms with E-state index in [2.05, 4.69) is 58.8 Å². The van der Waals surface area contributed by atoms with E-state index in [4.69, 9.17) is 14.8 Å². The lowest BCUT2D eigenvalue weighted by molar-refractivity contribution is 0.200. The molecule has 1 aliphatic heterocycles. The van der Waals surface area contributed by atoms with E-state index in [0.717, 1.165) is 55.4 Å². The summed E-state index contributed by atoms with van der Waals surface area (Å²) in [5.74, 6) is 1.88. The van der Waals surface area contributed by atoms with Crippen LogP contribution in [0.2, 0.25) is 0 Å². The van der Waals surface area contributed by atoms with Crippen molar-refractivity contribution in [2.45, 2.75) is 6.42 Å². The Bertz CT molecular complexity index is 981. The molecule has 2 aromatic carbocycles. The van der Waals surface area contributed by atoms with E-state index >= 15 is 0 Å². The number of anilines is 1. The number of aliphatic hydroxyl groups excluding tert-OH is 1. The van der Waals surface area contributed by atoms with Crippen molar-refractivity contribution in [3.8, 4) is 5.75 Å². The molecule has 4 rings (SSSR count). The van der Waals surface area contributed by atoms with Crippen LogP contribution in [-0.2, 0) is 6.42 Å². The molecule has 0 bridgehead atoms. The predicted octanol–water partition coefficient (Wildman–Crippen LogP) is 3.27. The van der Waals surface area contributed by atoms with Crippen molar-refractivity contribution >= 4 is 22.7 Å². The van der Waals surface area contributed by atoms with Crippen LogP contribution in [0, 0.1) is 0 Å². The molecule has 29 heavy (non-hydrogen) atoms. The molecule has 5 nitrogen and oxygen atoms in total. The van der Waals surface area contributed by atoms with Crippen molar-refractivity contribution in [3.05, 3.63) is 71.9 Å². The number of ether oxygens (including phenoxy) is 1. The molecule has 0 amide bonds. The molecule has 0 unspecified atom stereocenters. The van der Waals surface area contributed by atoms with Gasteiger partial charge in [0.1, 0.15) is 18.2 Å². The normalized spacial score (nSPS) is 14.6. The molecular formula is C24H27N3O2. The van der Waals surface area contributed by atoms with E-state index in [1.165, 1.54) is 10.8 Å². The minimum atomic E-state index is 0.0139. The first-order valence-corrected chi connectivity index (χ1v) is 10.2. The standard InChI is InChI=1S/C24H27N3O2/c28-16-17-29-23-11-4-2-6-19(23)8-5-9-21-18-20-7-1-3-10-22(20)24(26-21)27-14-12-25-13-15-27/h1-7,9-11,18,25,28H,8,12-17H2/b9-5+. The van der Waals surface area contributed by atoms with Gasteiger partial charge in [0.2, 0.25) is 0 Å². The number of hydrogen-bond donors (Lipinski definition) is 2. The minimum Gasteiger partial charge on any atom is -0.491 e. The van der Waals surface area contributed by atoms with Crippen LogP contribution in [0.25, 0.3) is 16.8 Å². The van der Waals surface area contributed by atoms with Gasteiger partial charge in [0.25, 0.3) is 0 Å². The zero-order valence-corrected chi connectivity index (χ0v) is 16.6. The monoisotopic (exact) mass is 389 g/mol. The average molecular weight is 389 g/mol. The van der Waals surface area contributed by atoms with E-state index in [9.17, 15) is 0 Å². The van der Waals surface area contributed by atoms with Crippen LogP contribution in [0.5, 0.6) is 5.75 Å². The quantitative estimate of drug-likeness (QED) is 0.650. The first kappa shape index (κ1) is 19.4. The zero-order valence-electron chi connectivity index (χ0n) is 16.6. The predicted molar refractivity (Wildman–Crippen MR) is 119 cm³/mol. The summed E-state index contributed by atoms with van der Waals surface area (Å²) >= 11 is 0. The van der Waals surface area contributed by atoms with Gasteiger partial charge in [0.15, 0.2) is 0 Å². The molecule has 1 aromatic heterocycles. The fourth-order valence-electron chi connectivity index (χ4n) is 3.68. The number of nitrogens with one attached hydrogen (secondary N) is 1. The second-order valence-electron chi connectivity index (χ2n) is 7.12. The van der Waals surface area contributed by atoms with Crippen molar-refractivity contribution < 1.29 is 9.84 Å². The molecule has 0 spiro atoms. The number of aliphatic hydroxyl groups is 1. The molecule has 1 fully saturated rings. The number of allylic oxidation sites excluding steroid dienone is 1. The molecule has 1 saturated heterocycles. The lowest BCUT2D eigenvalue weighted by Crippen LogP contribution is -2.44. The summed E-state index contributed by atoms with van der Waals surface area (Å²) in [6.07, 6.45) is 4.96. The number of rotatable bonds is 7. The number of pyridine rings is 1. The van der Waals surface area contributed by atoms with Gasteiger partial charge in [-0.1, -0.05) is 48.5 Å². The van der Waals surface area contributed by atoms with Gasteiger partial charge >= 0.3 is 0 Å². The number of nitrogens with zero attached hydrogens (tertiary/aromatic N) is 2. The molecule has 2 heterocycles. The summed E-state index contributed by atoms with van der Waals surface area (Å²) in [5.41, 5.74) is 2.06. The van der Waals surface area contributed by atoms with Crippen LogP contribution in [0.3, 0.4) is 0 Å².